The lowest BCUT2D eigenvalue weighted by Crippen LogP contribution is -2.39. The number of likely N-dealkylation sites (tertiary alicyclic amines) is 1. The molecule has 2 heterocycles. The van der Waals surface area contributed by atoms with E-state index in [1.54, 1.807) is 42.7 Å². The van der Waals surface area contributed by atoms with Crippen LogP contribution in [-0.2, 0) is 0 Å². The van der Waals surface area contributed by atoms with E-state index in [1.807, 2.05) is 4.90 Å². The van der Waals surface area contributed by atoms with E-state index in [0.717, 1.165) is 19.4 Å². The summed E-state index contributed by atoms with van der Waals surface area (Å²) in [4.78, 5) is 18.4. The van der Waals surface area contributed by atoms with E-state index < -0.39 is 0 Å². The third-order valence-electron chi connectivity index (χ3n) is 3.97. The maximum Gasteiger partial charge on any atom is 0.254 e. The van der Waals surface area contributed by atoms with E-state index in [4.69, 9.17) is 22.1 Å². The van der Waals surface area contributed by atoms with E-state index in [-0.39, 0.29) is 11.9 Å². The summed E-state index contributed by atoms with van der Waals surface area (Å²) in [5.74, 6) is 1.12. The molecule has 0 bridgehead atoms. The fourth-order valence-corrected chi connectivity index (χ4v) is 2.98. The number of ether oxygens (including phenoxy) is 1. The topological polar surface area (TPSA) is 68.5 Å². The molecular formula is C17H18ClN3O2. The van der Waals surface area contributed by atoms with Crippen LogP contribution in [0.3, 0.4) is 0 Å². The van der Waals surface area contributed by atoms with Gasteiger partial charge in [0.15, 0.2) is 0 Å². The molecule has 6 heteroatoms. The second kappa shape index (κ2) is 6.98. The molecule has 1 aromatic heterocycles. The van der Waals surface area contributed by atoms with Gasteiger partial charge in [0.1, 0.15) is 11.5 Å². The lowest BCUT2D eigenvalue weighted by molar-refractivity contribution is 0.0741. The Kier molecular flexibility index (Phi) is 4.79. The van der Waals surface area contributed by atoms with Crippen LogP contribution in [0.4, 0.5) is 0 Å². The molecule has 5 nitrogen and oxygen atoms in total. The predicted molar refractivity (Wildman–Crippen MR) is 88.9 cm³/mol. The molecule has 0 saturated carbocycles. The first-order valence-corrected chi connectivity index (χ1v) is 7.95. The molecule has 2 N–H and O–H groups in total. The highest BCUT2D eigenvalue weighted by Crippen LogP contribution is 2.31. The number of amides is 1. The largest absolute Gasteiger partial charge is 0.456 e. The highest BCUT2D eigenvalue weighted by atomic mass is 35.5. The summed E-state index contributed by atoms with van der Waals surface area (Å²) in [5.41, 5.74) is 6.29. The molecule has 2 aromatic rings. The number of halogens is 1. The highest BCUT2D eigenvalue weighted by molar-refractivity contribution is 6.32. The van der Waals surface area contributed by atoms with Crippen molar-refractivity contribution >= 4 is 17.5 Å². The number of pyridine rings is 1. The molecule has 1 amide bonds. The van der Waals surface area contributed by atoms with Gasteiger partial charge in [-0.1, -0.05) is 11.6 Å². The molecule has 0 aliphatic carbocycles. The van der Waals surface area contributed by atoms with Crippen molar-refractivity contribution in [2.45, 2.75) is 18.9 Å². The minimum atomic E-state index is -0.0321. The van der Waals surface area contributed by atoms with Crippen LogP contribution in [0, 0.1) is 0 Å². The maximum atomic E-state index is 12.6. The van der Waals surface area contributed by atoms with Gasteiger partial charge in [-0.15, -0.1) is 0 Å². The fraction of sp³-hybridized carbons (Fsp3) is 0.294. The number of nitrogens with zero attached hydrogens (tertiary/aromatic N) is 2. The molecular weight excluding hydrogens is 314 g/mol. The van der Waals surface area contributed by atoms with Crippen LogP contribution >= 0.6 is 11.6 Å². The standard InChI is InChI=1S/C17H18ClN3O2/c18-15-10-12(17(22)21-9-1-2-13(21)11-19)3-4-16(15)23-14-5-7-20-8-6-14/h3-8,10,13H,1-2,9,11,19H2. The maximum absolute atomic E-state index is 12.6. The van der Waals surface area contributed by atoms with Gasteiger partial charge in [-0.2, -0.15) is 0 Å². The van der Waals surface area contributed by atoms with Gasteiger partial charge < -0.3 is 15.4 Å². The van der Waals surface area contributed by atoms with Crippen molar-refractivity contribution in [2.24, 2.45) is 5.73 Å². The Morgan fingerprint density at radius 1 is 1.35 bits per heavy atom. The number of benzene rings is 1. The van der Waals surface area contributed by atoms with Crippen LogP contribution in [0.25, 0.3) is 0 Å². The molecule has 120 valence electrons. The van der Waals surface area contributed by atoms with Gasteiger partial charge in [0, 0.05) is 37.1 Å². The highest BCUT2D eigenvalue weighted by Gasteiger charge is 2.28. The molecule has 23 heavy (non-hydrogen) atoms. The fourth-order valence-electron chi connectivity index (χ4n) is 2.76. The first-order chi connectivity index (χ1) is 11.2. The summed E-state index contributed by atoms with van der Waals surface area (Å²) in [6.07, 6.45) is 5.23. The van der Waals surface area contributed by atoms with Crippen molar-refractivity contribution < 1.29 is 9.53 Å². The van der Waals surface area contributed by atoms with Gasteiger partial charge in [-0.05, 0) is 43.2 Å². The van der Waals surface area contributed by atoms with Crippen molar-refractivity contribution in [3.8, 4) is 11.5 Å². The molecule has 1 saturated heterocycles. The Labute approximate surface area is 140 Å². The summed E-state index contributed by atoms with van der Waals surface area (Å²) >= 11 is 6.26. The average Bonchev–Trinajstić information content (AvgIpc) is 3.05. The minimum absolute atomic E-state index is 0.0321. The zero-order chi connectivity index (χ0) is 16.2. The zero-order valence-electron chi connectivity index (χ0n) is 12.6. The van der Waals surface area contributed by atoms with E-state index in [0.29, 0.717) is 28.6 Å². The van der Waals surface area contributed by atoms with Gasteiger partial charge in [0.25, 0.3) is 5.91 Å². The summed E-state index contributed by atoms with van der Waals surface area (Å²) in [6, 6.07) is 8.69. The Bertz CT molecular complexity index is 693. The van der Waals surface area contributed by atoms with Crippen molar-refractivity contribution in [3.05, 3.63) is 53.3 Å². The van der Waals surface area contributed by atoms with Gasteiger partial charge in [0.05, 0.1) is 5.02 Å². The summed E-state index contributed by atoms with van der Waals surface area (Å²) in [7, 11) is 0. The van der Waals surface area contributed by atoms with Gasteiger partial charge in [-0.25, -0.2) is 0 Å². The normalized spacial score (nSPS) is 17.3. The van der Waals surface area contributed by atoms with Crippen molar-refractivity contribution in [3.63, 3.8) is 0 Å². The van der Waals surface area contributed by atoms with Crippen LogP contribution in [0.1, 0.15) is 23.2 Å². The van der Waals surface area contributed by atoms with E-state index in [9.17, 15) is 4.79 Å². The number of carbonyl (C=O) groups is 1. The first-order valence-electron chi connectivity index (χ1n) is 7.57. The number of hydrogen-bond donors (Lipinski definition) is 1. The quantitative estimate of drug-likeness (QED) is 0.934. The summed E-state index contributed by atoms with van der Waals surface area (Å²) in [5, 5.41) is 0.399. The van der Waals surface area contributed by atoms with Crippen LogP contribution in [0.15, 0.2) is 42.7 Å². The third kappa shape index (κ3) is 3.46. The van der Waals surface area contributed by atoms with Crippen LogP contribution in [0.5, 0.6) is 11.5 Å². The van der Waals surface area contributed by atoms with Crippen LogP contribution < -0.4 is 10.5 Å². The molecule has 1 aromatic carbocycles. The number of rotatable bonds is 4. The number of aromatic nitrogens is 1. The smallest absolute Gasteiger partial charge is 0.254 e. The molecule has 1 atom stereocenters. The minimum Gasteiger partial charge on any atom is -0.456 e. The van der Waals surface area contributed by atoms with Crippen molar-refractivity contribution in [1.82, 2.24) is 9.88 Å². The van der Waals surface area contributed by atoms with Crippen molar-refractivity contribution in [2.75, 3.05) is 13.1 Å². The molecule has 1 aliphatic heterocycles. The van der Waals surface area contributed by atoms with Crippen LogP contribution in [-0.4, -0.2) is 34.9 Å². The predicted octanol–water partition coefficient (Wildman–Crippen LogP) is 3.09. The number of hydrogen-bond acceptors (Lipinski definition) is 4. The first kappa shape index (κ1) is 15.8. The molecule has 1 aliphatic rings. The molecule has 1 unspecified atom stereocenters. The average molecular weight is 332 g/mol. The zero-order valence-corrected chi connectivity index (χ0v) is 13.4. The van der Waals surface area contributed by atoms with Gasteiger partial charge >= 0.3 is 0 Å². The Morgan fingerprint density at radius 3 is 2.83 bits per heavy atom. The Balaban J connectivity index is 1.78. The number of nitrogens with two attached hydrogens (primary N) is 1. The lowest BCUT2D eigenvalue weighted by Gasteiger charge is -2.23. The summed E-state index contributed by atoms with van der Waals surface area (Å²) in [6.45, 7) is 1.23. The Hall–Kier alpha value is -2.11. The second-order valence-corrected chi connectivity index (χ2v) is 5.87. The number of carbonyl (C=O) groups excluding carboxylic acids is 1. The lowest BCUT2D eigenvalue weighted by atomic mass is 10.1. The molecule has 1 fully saturated rings. The SMILES string of the molecule is NCC1CCCN1C(=O)c1ccc(Oc2ccncc2)c(Cl)c1. The monoisotopic (exact) mass is 331 g/mol. The molecule has 3 rings (SSSR count). The van der Waals surface area contributed by atoms with Gasteiger partial charge in [0.2, 0.25) is 0 Å². The van der Waals surface area contributed by atoms with E-state index in [1.165, 1.54) is 0 Å². The third-order valence-corrected chi connectivity index (χ3v) is 4.26. The van der Waals surface area contributed by atoms with E-state index >= 15 is 0 Å². The van der Waals surface area contributed by atoms with Crippen molar-refractivity contribution in [1.29, 1.82) is 0 Å². The summed E-state index contributed by atoms with van der Waals surface area (Å²) < 4.78 is 5.69. The van der Waals surface area contributed by atoms with Crippen LogP contribution in [0.2, 0.25) is 5.02 Å². The molecule has 0 radical (unpaired) electrons. The second-order valence-electron chi connectivity index (χ2n) is 5.46. The van der Waals surface area contributed by atoms with Gasteiger partial charge in [-0.3, -0.25) is 9.78 Å². The molecule has 0 spiro atoms. The Morgan fingerprint density at radius 2 is 2.13 bits per heavy atom. The van der Waals surface area contributed by atoms with E-state index in [2.05, 4.69) is 4.98 Å².